The molecule has 0 spiro atoms. The lowest BCUT2D eigenvalue weighted by Gasteiger charge is -2.04. The van der Waals surface area contributed by atoms with Gasteiger partial charge in [-0.25, -0.2) is 9.78 Å². The number of carbonyl (C=O) groups excluding carboxylic acids is 1. The van der Waals surface area contributed by atoms with E-state index in [1.165, 1.54) is 30.2 Å². The Balaban J connectivity index is 2.03. The Morgan fingerprint density at radius 1 is 1.38 bits per heavy atom. The normalized spacial score (nSPS) is 10.9. The predicted octanol–water partition coefficient (Wildman–Crippen LogP) is 3.07. The summed E-state index contributed by atoms with van der Waals surface area (Å²) >= 11 is 2.96. The molecule has 24 heavy (non-hydrogen) atoms. The van der Waals surface area contributed by atoms with Crippen LogP contribution in [0, 0.1) is 0 Å². The number of aromatic nitrogens is 2. The maximum Gasteiger partial charge on any atom is 0.337 e. The third-order valence-corrected chi connectivity index (χ3v) is 5.94. The van der Waals surface area contributed by atoms with Crippen LogP contribution in [-0.4, -0.2) is 23.0 Å². The van der Waals surface area contributed by atoms with Crippen LogP contribution >= 0.6 is 23.1 Å². The van der Waals surface area contributed by atoms with Gasteiger partial charge in [-0.1, -0.05) is 18.7 Å². The molecule has 0 saturated heterocycles. The second kappa shape index (κ2) is 6.66. The molecule has 124 valence electrons. The molecule has 0 aliphatic carbocycles. The summed E-state index contributed by atoms with van der Waals surface area (Å²) in [5.41, 5.74) is 5.88. The Morgan fingerprint density at radius 2 is 2.08 bits per heavy atom. The van der Waals surface area contributed by atoms with E-state index >= 15 is 0 Å². The molecule has 0 aliphatic heterocycles. The smallest absolute Gasteiger partial charge is 0.337 e. The molecule has 6 nitrogen and oxygen atoms in total. The van der Waals surface area contributed by atoms with E-state index in [-0.39, 0.29) is 17.5 Å². The van der Waals surface area contributed by atoms with Gasteiger partial charge in [-0.3, -0.25) is 9.78 Å². The van der Waals surface area contributed by atoms with Crippen LogP contribution in [0.15, 0.2) is 38.9 Å². The molecule has 3 aromatic rings. The fourth-order valence-corrected chi connectivity index (χ4v) is 4.67. The van der Waals surface area contributed by atoms with Crippen molar-refractivity contribution < 1.29 is 9.53 Å². The third kappa shape index (κ3) is 3.02. The van der Waals surface area contributed by atoms with Gasteiger partial charge in [0, 0.05) is 14.7 Å². The summed E-state index contributed by atoms with van der Waals surface area (Å²) in [5.74, 6) is -0.256. The number of carbonyl (C=O) groups is 1. The minimum Gasteiger partial charge on any atom is -0.465 e. The summed E-state index contributed by atoms with van der Waals surface area (Å²) in [5, 5.41) is 0.563. The van der Waals surface area contributed by atoms with Crippen LogP contribution in [0.4, 0.5) is 5.95 Å². The number of H-pyrrole nitrogens is 1. The Morgan fingerprint density at radius 3 is 2.71 bits per heavy atom. The minimum absolute atomic E-state index is 0.121. The van der Waals surface area contributed by atoms with E-state index in [0.29, 0.717) is 15.8 Å². The van der Waals surface area contributed by atoms with Crippen molar-refractivity contribution in [2.75, 3.05) is 12.8 Å². The van der Waals surface area contributed by atoms with Gasteiger partial charge in [-0.2, -0.15) is 0 Å². The monoisotopic (exact) mass is 361 g/mol. The van der Waals surface area contributed by atoms with Crippen molar-refractivity contribution in [2.45, 2.75) is 23.1 Å². The minimum atomic E-state index is -0.377. The number of methoxy groups -OCH3 is 1. The van der Waals surface area contributed by atoms with E-state index in [2.05, 4.69) is 9.97 Å². The molecule has 3 N–H and O–H groups in total. The number of hydrogen-bond donors (Lipinski definition) is 2. The molecule has 0 aliphatic rings. The van der Waals surface area contributed by atoms with Crippen LogP contribution in [-0.2, 0) is 11.2 Å². The molecule has 1 aromatic carbocycles. The van der Waals surface area contributed by atoms with Crippen LogP contribution < -0.4 is 11.3 Å². The number of thiophene rings is 1. The van der Waals surface area contributed by atoms with Crippen molar-refractivity contribution in [3.63, 3.8) is 0 Å². The molecule has 0 bridgehead atoms. The van der Waals surface area contributed by atoms with Crippen LogP contribution in [0.3, 0.4) is 0 Å². The van der Waals surface area contributed by atoms with Crippen molar-refractivity contribution >= 4 is 45.2 Å². The number of nitrogens with zero attached hydrogens (tertiary/aromatic N) is 1. The third-order valence-electron chi connectivity index (χ3n) is 3.42. The fourth-order valence-electron chi connectivity index (χ4n) is 2.28. The number of aryl methyl sites for hydroxylation is 1. The molecule has 3 rings (SSSR count). The highest BCUT2D eigenvalue weighted by Gasteiger charge is 2.17. The first kappa shape index (κ1) is 16.5. The SMILES string of the molecule is CCc1sc2nc(N)[nH]c(=O)c2c1Sc1ccc(C(=O)OC)cc1. The first-order valence-corrected chi connectivity index (χ1v) is 8.84. The average Bonchev–Trinajstić information content (AvgIpc) is 2.92. The highest BCUT2D eigenvalue weighted by atomic mass is 32.2. The number of nitrogens with one attached hydrogen (secondary N) is 1. The zero-order chi connectivity index (χ0) is 17.3. The average molecular weight is 361 g/mol. The molecular weight excluding hydrogens is 346 g/mol. The van der Waals surface area contributed by atoms with Crippen molar-refractivity contribution in [1.29, 1.82) is 0 Å². The van der Waals surface area contributed by atoms with Gasteiger partial charge in [0.2, 0.25) is 5.95 Å². The quantitative estimate of drug-likeness (QED) is 0.693. The lowest BCUT2D eigenvalue weighted by atomic mass is 10.2. The largest absolute Gasteiger partial charge is 0.465 e. The van der Waals surface area contributed by atoms with Crippen LogP contribution in [0.2, 0.25) is 0 Å². The van der Waals surface area contributed by atoms with Crippen LogP contribution in [0.25, 0.3) is 10.2 Å². The second-order valence-corrected chi connectivity index (χ2v) is 7.12. The second-order valence-electron chi connectivity index (χ2n) is 4.96. The van der Waals surface area contributed by atoms with E-state index in [1.54, 1.807) is 12.1 Å². The molecule has 0 radical (unpaired) electrons. The van der Waals surface area contributed by atoms with Crippen molar-refractivity contribution in [3.8, 4) is 0 Å². The van der Waals surface area contributed by atoms with Gasteiger partial charge in [0.1, 0.15) is 4.83 Å². The fraction of sp³-hybridized carbons (Fsp3) is 0.188. The highest BCUT2D eigenvalue weighted by molar-refractivity contribution is 7.99. The Bertz CT molecular complexity index is 961. The topological polar surface area (TPSA) is 98.1 Å². The lowest BCUT2D eigenvalue weighted by Crippen LogP contribution is -2.10. The number of fused-ring (bicyclic) bond motifs is 1. The van der Waals surface area contributed by atoms with Crippen LogP contribution in [0.5, 0.6) is 0 Å². The Labute approximate surface area is 146 Å². The van der Waals surface area contributed by atoms with Gasteiger partial charge in [-0.05, 0) is 30.7 Å². The van der Waals surface area contributed by atoms with E-state index in [0.717, 1.165) is 21.1 Å². The summed E-state index contributed by atoms with van der Waals surface area (Å²) in [7, 11) is 1.35. The first-order chi connectivity index (χ1) is 11.5. The van der Waals surface area contributed by atoms with Gasteiger partial charge in [0.25, 0.3) is 5.56 Å². The number of benzene rings is 1. The van der Waals surface area contributed by atoms with Gasteiger partial charge in [0.05, 0.1) is 18.1 Å². The van der Waals surface area contributed by atoms with Gasteiger partial charge in [-0.15, -0.1) is 11.3 Å². The number of hydrogen-bond acceptors (Lipinski definition) is 7. The standard InChI is InChI=1S/C16H15N3O3S2/c1-3-10-12(11-13(20)18-16(17)19-14(11)24-10)23-9-6-4-8(5-7-9)15(21)22-2/h4-7H,3H2,1-2H3,(H3,17,18,19,20). The molecule has 0 amide bonds. The maximum absolute atomic E-state index is 12.3. The number of nitrogens with two attached hydrogens (primary N) is 1. The van der Waals surface area contributed by atoms with Gasteiger partial charge >= 0.3 is 5.97 Å². The highest BCUT2D eigenvalue weighted by Crippen LogP contribution is 2.39. The molecule has 2 heterocycles. The zero-order valence-corrected chi connectivity index (χ0v) is 14.7. The molecule has 0 atom stereocenters. The van der Waals surface area contributed by atoms with Gasteiger partial charge < -0.3 is 10.5 Å². The van der Waals surface area contributed by atoms with E-state index in [4.69, 9.17) is 10.5 Å². The Hall–Kier alpha value is -2.32. The van der Waals surface area contributed by atoms with E-state index in [9.17, 15) is 9.59 Å². The lowest BCUT2D eigenvalue weighted by molar-refractivity contribution is 0.0600. The molecule has 0 saturated carbocycles. The summed E-state index contributed by atoms with van der Waals surface area (Å²) in [4.78, 5) is 34.1. The van der Waals surface area contributed by atoms with E-state index < -0.39 is 0 Å². The number of aromatic amines is 1. The molecule has 8 heteroatoms. The summed E-state index contributed by atoms with van der Waals surface area (Å²) in [6.45, 7) is 2.03. The number of anilines is 1. The molecule has 0 fully saturated rings. The number of esters is 1. The molecule has 0 unspecified atom stereocenters. The summed E-state index contributed by atoms with van der Waals surface area (Å²) in [6.07, 6.45) is 0.795. The van der Waals surface area contributed by atoms with Crippen molar-refractivity contribution in [1.82, 2.24) is 9.97 Å². The Kier molecular flexibility index (Phi) is 4.59. The predicted molar refractivity (Wildman–Crippen MR) is 95.9 cm³/mol. The number of rotatable bonds is 4. The summed E-state index contributed by atoms with van der Waals surface area (Å²) in [6, 6.07) is 7.07. The van der Waals surface area contributed by atoms with Crippen LogP contribution in [0.1, 0.15) is 22.2 Å². The van der Waals surface area contributed by atoms with Crippen molar-refractivity contribution in [3.05, 3.63) is 45.1 Å². The zero-order valence-electron chi connectivity index (χ0n) is 13.1. The number of ether oxygens (including phenoxy) is 1. The number of nitrogen functional groups attached to an aromatic ring is 1. The summed E-state index contributed by atoms with van der Waals surface area (Å²) < 4.78 is 4.69. The van der Waals surface area contributed by atoms with Crippen molar-refractivity contribution in [2.24, 2.45) is 0 Å². The molecule has 2 aromatic heterocycles. The van der Waals surface area contributed by atoms with Gasteiger partial charge in [0.15, 0.2) is 0 Å². The first-order valence-electron chi connectivity index (χ1n) is 7.21. The van der Waals surface area contributed by atoms with E-state index in [1.807, 2.05) is 19.1 Å². The molecular formula is C16H15N3O3S2. The maximum atomic E-state index is 12.3.